The standard InChI is InChI=1S/C31H19F5IN5O2/c32-25-8-5-19(16-39-25)21-11-22(13-23(12-21)31(34,35)36)28(29(37)43)30(44)42-10-2-1-3-27(42)41-15-18-4-7-24(38-14-18)20-6-9-26(33)40-17-20/h1-14,16-17,44H,15H2. The molecule has 4 aromatic heterocycles. The van der Waals surface area contributed by atoms with Gasteiger partial charge in [-0.15, -0.1) is 0 Å². The van der Waals surface area contributed by atoms with Gasteiger partial charge in [-0.05, 0) is 77.4 Å². The van der Waals surface area contributed by atoms with Crippen LogP contribution in [0.25, 0.3) is 33.8 Å². The van der Waals surface area contributed by atoms with Crippen LogP contribution in [0.1, 0.15) is 16.7 Å². The Balaban J connectivity index is 1.55. The van der Waals surface area contributed by atoms with Gasteiger partial charge in [-0.3, -0.25) is 19.3 Å². The van der Waals surface area contributed by atoms with Crippen LogP contribution in [0.5, 0.6) is 0 Å². The number of hydrogen-bond acceptors (Lipinski definition) is 6. The first-order valence-electron chi connectivity index (χ1n) is 12.7. The topological polar surface area (TPSA) is 93.3 Å². The van der Waals surface area contributed by atoms with Crippen LogP contribution in [-0.4, -0.2) is 28.4 Å². The van der Waals surface area contributed by atoms with E-state index in [4.69, 9.17) is 0 Å². The molecule has 1 N–H and O–H groups in total. The van der Waals surface area contributed by atoms with Crippen molar-refractivity contribution in [2.45, 2.75) is 12.7 Å². The summed E-state index contributed by atoms with van der Waals surface area (Å²) in [5, 5.41) is 11.3. The molecule has 0 amide bonds. The summed E-state index contributed by atoms with van der Waals surface area (Å²) in [6.07, 6.45) is 0.628. The van der Waals surface area contributed by atoms with Crippen LogP contribution in [0.4, 0.5) is 22.0 Å². The Kier molecular flexibility index (Phi) is 8.94. The lowest BCUT2D eigenvalue weighted by Crippen LogP contribution is -2.21. The van der Waals surface area contributed by atoms with E-state index in [0.29, 0.717) is 16.8 Å². The quantitative estimate of drug-likeness (QED) is 0.0479. The van der Waals surface area contributed by atoms with Crippen molar-refractivity contribution in [3.8, 4) is 22.4 Å². The molecule has 0 aliphatic rings. The van der Waals surface area contributed by atoms with E-state index < -0.39 is 38.9 Å². The highest BCUT2D eigenvalue weighted by atomic mass is 127. The van der Waals surface area contributed by atoms with Crippen molar-refractivity contribution in [1.82, 2.24) is 19.5 Å². The number of nitrogens with zero attached hydrogens (tertiary/aromatic N) is 5. The number of benzene rings is 1. The van der Waals surface area contributed by atoms with Gasteiger partial charge in [-0.2, -0.15) is 22.0 Å². The van der Waals surface area contributed by atoms with E-state index >= 15 is 0 Å². The van der Waals surface area contributed by atoms with Crippen molar-refractivity contribution in [2.75, 3.05) is 0 Å². The number of aliphatic hydroxyl groups is 1. The van der Waals surface area contributed by atoms with Gasteiger partial charge in [0.05, 0.1) is 23.4 Å². The van der Waals surface area contributed by atoms with Crippen molar-refractivity contribution in [2.24, 2.45) is 4.99 Å². The molecule has 1 aromatic carbocycles. The number of allylic oxidation sites excluding steroid dienone is 1. The van der Waals surface area contributed by atoms with E-state index in [9.17, 15) is 31.9 Å². The van der Waals surface area contributed by atoms with E-state index in [0.717, 1.165) is 24.4 Å². The van der Waals surface area contributed by atoms with Crippen LogP contribution in [0.3, 0.4) is 0 Å². The minimum atomic E-state index is -4.79. The minimum Gasteiger partial charge on any atom is -0.494 e. The molecule has 0 bridgehead atoms. The van der Waals surface area contributed by atoms with Gasteiger partial charge >= 0.3 is 6.18 Å². The Morgan fingerprint density at radius 3 is 2.14 bits per heavy atom. The Bertz CT molecular complexity index is 1920. The van der Waals surface area contributed by atoms with Gasteiger partial charge in [-0.1, -0.05) is 12.1 Å². The lowest BCUT2D eigenvalue weighted by molar-refractivity contribution is -0.137. The fourth-order valence-corrected chi connectivity index (χ4v) is 4.78. The Morgan fingerprint density at radius 2 is 1.55 bits per heavy atom. The SMILES string of the molecule is O=C(I)C(=C(O)n1ccccc1=NCc1ccc(-c2ccc(F)nc2)nc1)c1cc(-c2ccc(F)nc2)cc(C(F)(F)F)c1. The van der Waals surface area contributed by atoms with Crippen molar-refractivity contribution in [1.29, 1.82) is 0 Å². The minimum absolute atomic E-state index is 0.0145. The Labute approximate surface area is 260 Å². The van der Waals surface area contributed by atoms with Crippen molar-refractivity contribution in [3.05, 3.63) is 132 Å². The maximum Gasteiger partial charge on any atom is 0.416 e. The third kappa shape index (κ3) is 7.05. The Hall–Kier alpha value is -4.79. The van der Waals surface area contributed by atoms with Crippen LogP contribution in [0.2, 0.25) is 0 Å². The molecule has 44 heavy (non-hydrogen) atoms. The molecule has 5 rings (SSSR count). The monoisotopic (exact) mass is 715 g/mol. The zero-order chi connectivity index (χ0) is 31.4. The molecule has 7 nitrogen and oxygen atoms in total. The predicted octanol–water partition coefficient (Wildman–Crippen LogP) is 7.25. The van der Waals surface area contributed by atoms with Gasteiger partial charge in [0.25, 0.3) is 0 Å². The maximum atomic E-state index is 13.9. The highest BCUT2D eigenvalue weighted by Gasteiger charge is 2.32. The average molecular weight is 715 g/mol. The van der Waals surface area contributed by atoms with E-state index in [1.165, 1.54) is 57.8 Å². The van der Waals surface area contributed by atoms with Crippen LogP contribution in [0.15, 0.2) is 103 Å². The first-order chi connectivity index (χ1) is 21.0. The molecule has 5 aromatic rings. The van der Waals surface area contributed by atoms with Gasteiger partial charge in [-0.25, -0.2) is 9.97 Å². The molecule has 0 radical (unpaired) electrons. The summed E-state index contributed by atoms with van der Waals surface area (Å²) in [6.45, 7) is 0.102. The van der Waals surface area contributed by atoms with E-state index in [-0.39, 0.29) is 28.7 Å². The second-order valence-corrected chi connectivity index (χ2v) is 10.3. The molecule has 0 saturated carbocycles. The number of aliphatic hydroxyl groups excluding tert-OH is 1. The molecule has 4 heterocycles. The summed E-state index contributed by atoms with van der Waals surface area (Å²) < 4.78 is 68.6. The van der Waals surface area contributed by atoms with Crippen molar-refractivity contribution in [3.63, 3.8) is 0 Å². The lowest BCUT2D eigenvalue weighted by atomic mass is 9.97. The number of carbonyl (C=O) groups is 1. The van der Waals surface area contributed by atoms with E-state index in [2.05, 4.69) is 19.9 Å². The van der Waals surface area contributed by atoms with Crippen LogP contribution >= 0.6 is 22.6 Å². The molecule has 0 atom stereocenters. The zero-order valence-corrected chi connectivity index (χ0v) is 24.5. The van der Waals surface area contributed by atoms with Gasteiger partial charge in [0, 0.05) is 58.5 Å². The van der Waals surface area contributed by atoms with E-state index in [1.807, 2.05) is 0 Å². The second kappa shape index (κ2) is 12.8. The highest BCUT2D eigenvalue weighted by Crippen LogP contribution is 2.36. The summed E-state index contributed by atoms with van der Waals surface area (Å²) in [5.41, 5.74) is 0.567. The summed E-state index contributed by atoms with van der Waals surface area (Å²) in [6, 6.07) is 16.2. The highest BCUT2D eigenvalue weighted by molar-refractivity contribution is 14.1. The molecule has 0 aliphatic carbocycles. The molecule has 0 aliphatic heterocycles. The average Bonchev–Trinajstić information content (AvgIpc) is 3.00. The van der Waals surface area contributed by atoms with Crippen molar-refractivity contribution >= 4 is 37.8 Å². The predicted molar refractivity (Wildman–Crippen MR) is 161 cm³/mol. The largest absolute Gasteiger partial charge is 0.494 e. The third-order valence-corrected chi connectivity index (χ3v) is 6.91. The number of halogens is 6. The summed E-state index contributed by atoms with van der Waals surface area (Å²) in [4.78, 5) is 28.8. The number of rotatable bonds is 7. The number of pyridine rings is 4. The molecule has 0 spiro atoms. The van der Waals surface area contributed by atoms with Gasteiger partial charge < -0.3 is 5.11 Å². The third-order valence-electron chi connectivity index (χ3n) is 6.37. The molecular weight excluding hydrogens is 696 g/mol. The number of hydrogen-bond donors (Lipinski definition) is 1. The second-order valence-electron chi connectivity index (χ2n) is 9.31. The van der Waals surface area contributed by atoms with E-state index in [1.54, 1.807) is 42.6 Å². The molecular formula is C31H19F5IN5O2. The lowest BCUT2D eigenvalue weighted by Gasteiger charge is -2.15. The smallest absolute Gasteiger partial charge is 0.416 e. The number of aromatic nitrogens is 4. The van der Waals surface area contributed by atoms with Crippen LogP contribution in [-0.2, 0) is 17.5 Å². The van der Waals surface area contributed by atoms with Crippen molar-refractivity contribution < 1.29 is 31.9 Å². The molecule has 13 heteroatoms. The summed E-state index contributed by atoms with van der Waals surface area (Å²) in [7, 11) is 0. The van der Waals surface area contributed by atoms with Crippen LogP contribution < -0.4 is 5.49 Å². The van der Waals surface area contributed by atoms with Gasteiger partial charge in [0.15, 0.2) is 0 Å². The van der Waals surface area contributed by atoms with Gasteiger partial charge in [0.1, 0.15) is 5.49 Å². The fourth-order valence-electron chi connectivity index (χ4n) is 4.23. The first kappa shape index (κ1) is 30.7. The molecule has 0 fully saturated rings. The molecule has 0 saturated heterocycles. The molecule has 0 unspecified atom stereocenters. The first-order valence-corrected chi connectivity index (χ1v) is 13.8. The maximum absolute atomic E-state index is 13.9. The van der Waals surface area contributed by atoms with Gasteiger partial charge in [0.2, 0.25) is 21.6 Å². The fraction of sp³-hybridized carbons (Fsp3) is 0.0645. The summed E-state index contributed by atoms with van der Waals surface area (Å²) >= 11 is 1.39. The number of carbonyl (C=O) groups excluding carboxylic acids is 1. The Morgan fingerprint density at radius 1 is 0.841 bits per heavy atom. The summed E-state index contributed by atoms with van der Waals surface area (Å²) in [5.74, 6) is -2.07. The number of alkyl halides is 3. The normalized spacial score (nSPS) is 12.6. The molecule has 222 valence electrons. The zero-order valence-electron chi connectivity index (χ0n) is 22.3. The van der Waals surface area contributed by atoms with Crippen LogP contribution in [0, 0.1) is 11.9 Å².